The van der Waals surface area contributed by atoms with Gasteiger partial charge in [-0.05, 0) is 19.1 Å². The Morgan fingerprint density at radius 2 is 2.12 bits per heavy atom. The highest BCUT2D eigenvalue weighted by atomic mass is 35.5. The van der Waals surface area contributed by atoms with Gasteiger partial charge in [0.15, 0.2) is 0 Å². The summed E-state index contributed by atoms with van der Waals surface area (Å²) in [6.07, 6.45) is 1.47. The second kappa shape index (κ2) is 7.95. The van der Waals surface area contributed by atoms with E-state index in [0.717, 1.165) is 4.57 Å². The van der Waals surface area contributed by atoms with Crippen LogP contribution in [0.25, 0.3) is 11.3 Å². The number of aromatic nitrogens is 1. The monoisotopic (exact) mass is 385 g/mol. The summed E-state index contributed by atoms with van der Waals surface area (Å²) >= 11 is 5.99. The predicted octanol–water partition coefficient (Wildman–Crippen LogP) is 4.04. The first-order valence-electron chi connectivity index (χ1n) is 7.97. The maximum atomic E-state index is 14.9. The van der Waals surface area contributed by atoms with Crippen LogP contribution >= 0.6 is 11.6 Å². The van der Waals surface area contributed by atoms with E-state index in [4.69, 9.17) is 17.3 Å². The molecule has 0 fully saturated rings. The first-order chi connectivity index (χ1) is 12.2. The Labute approximate surface area is 154 Å². The Morgan fingerprint density at radius 3 is 2.69 bits per heavy atom. The van der Waals surface area contributed by atoms with Gasteiger partial charge in [0.05, 0.1) is 5.69 Å². The van der Waals surface area contributed by atoms with E-state index in [2.05, 4.69) is 4.99 Å². The molecule has 2 rings (SSSR count). The lowest BCUT2D eigenvalue weighted by atomic mass is 9.87. The highest BCUT2D eigenvalue weighted by molar-refractivity contribution is 6.30. The zero-order chi connectivity index (χ0) is 19.6. The van der Waals surface area contributed by atoms with Gasteiger partial charge >= 0.3 is 0 Å². The van der Waals surface area contributed by atoms with Crippen molar-refractivity contribution in [1.29, 1.82) is 0 Å². The fraction of sp³-hybridized carbons (Fsp3) is 0.333. The molecule has 1 aliphatic carbocycles. The average molecular weight is 386 g/mol. The largest absolute Gasteiger partial charge is 0.398 e. The average Bonchev–Trinajstić information content (AvgIpc) is 2.60. The van der Waals surface area contributed by atoms with Gasteiger partial charge in [0, 0.05) is 48.6 Å². The molecule has 0 aliphatic heterocycles. The normalized spacial score (nSPS) is 21.5. The molecule has 4 nitrogen and oxygen atoms in total. The van der Waals surface area contributed by atoms with Gasteiger partial charge in [-0.3, -0.25) is 9.79 Å². The standard InChI is InChI=1S/C18H19ClF3N3O/c1-4-25-17(15-13(21)8-12(20)9(2)16(15)22)10(7-11(19)18(25)26)14(23)5-6-24-3/h5-9,16H,4,23H2,1-3H3. The Balaban J connectivity index is 2.93. The van der Waals surface area contributed by atoms with Crippen LogP contribution in [0.15, 0.2) is 39.7 Å². The lowest BCUT2D eigenvalue weighted by molar-refractivity contribution is 0.293. The lowest BCUT2D eigenvalue weighted by Gasteiger charge is -2.27. The van der Waals surface area contributed by atoms with Crippen molar-refractivity contribution < 1.29 is 13.2 Å². The number of pyridine rings is 1. The number of hydrogen-bond acceptors (Lipinski definition) is 3. The first-order valence-corrected chi connectivity index (χ1v) is 8.35. The van der Waals surface area contributed by atoms with Crippen molar-refractivity contribution in [1.82, 2.24) is 4.57 Å². The Hall–Kier alpha value is -2.28. The van der Waals surface area contributed by atoms with Crippen LogP contribution in [0.2, 0.25) is 5.02 Å². The summed E-state index contributed by atoms with van der Waals surface area (Å²) in [5.41, 5.74) is 5.22. The summed E-state index contributed by atoms with van der Waals surface area (Å²) in [5, 5.41) is -0.141. The van der Waals surface area contributed by atoms with Crippen LogP contribution in [-0.2, 0) is 6.54 Å². The van der Waals surface area contributed by atoms with Crippen LogP contribution < -0.4 is 11.3 Å². The quantitative estimate of drug-likeness (QED) is 0.795. The van der Waals surface area contributed by atoms with Crippen LogP contribution in [0.4, 0.5) is 13.2 Å². The fourth-order valence-corrected chi connectivity index (χ4v) is 3.00. The number of halogens is 4. The van der Waals surface area contributed by atoms with Gasteiger partial charge in [-0.25, -0.2) is 13.2 Å². The van der Waals surface area contributed by atoms with Crippen molar-refractivity contribution in [2.75, 3.05) is 7.05 Å². The number of hydrogen-bond donors (Lipinski definition) is 1. The Morgan fingerprint density at radius 1 is 1.46 bits per heavy atom. The molecule has 8 heteroatoms. The number of allylic oxidation sites excluding steroid dienone is 5. The molecule has 2 unspecified atom stereocenters. The van der Waals surface area contributed by atoms with E-state index in [1.165, 1.54) is 32.3 Å². The molecule has 2 N–H and O–H groups in total. The third kappa shape index (κ3) is 3.49. The van der Waals surface area contributed by atoms with E-state index in [1.54, 1.807) is 6.92 Å². The van der Waals surface area contributed by atoms with Gasteiger partial charge in [-0.2, -0.15) is 0 Å². The number of nitrogens with zero attached hydrogens (tertiary/aromatic N) is 2. The molecule has 1 heterocycles. The van der Waals surface area contributed by atoms with E-state index >= 15 is 0 Å². The van der Waals surface area contributed by atoms with Gasteiger partial charge in [0.2, 0.25) is 0 Å². The topological polar surface area (TPSA) is 60.4 Å². The maximum Gasteiger partial charge on any atom is 0.269 e. The molecule has 140 valence electrons. The minimum atomic E-state index is -1.98. The van der Waals surface area contributed by atoms with E-state index in [1.807, 2.05) is 0 Å². The second-order valence-corrected chi connectivity index (χ2v) is 6.22. The summed E-state index contributed by atoms with van der Waals surface area (Å²) < 4.78 is 44.3. The van der Waals surface area contributed by atoms with Crippen LogP contribution in [0.5, 0.6) is 0 Å². The first kappa shape index (κ1) is 20.0. The summed E-state index contributed by atoms with van der Waals surface area (Å²) in [4.78, 5) is 16.2. The smallest absolute Gasteiger partial charge is 0.269 e. The Kier molecular flexibility index (Phi) is 6.13. The molecule has 0 saturated carbocycles. The molecule has 0 saturated heterocycles. The van der Waals surface area contributed by atoms with Gasteiger partial charge in [0.25, 0.3) is 5.56 Å². The number of rotatable bonds is 4. The van der Waals surface area contributed by atoms with Gasteiger partial charge in [0.1, 0.15) is 22.8 Å². The SMILES string of the molecule is CCn1c(C2=C(F)C=C(F)C(C)C2F)c(C(N)=CC=NC)cc(Cl)c1=O. The molecule has 26 heavy (non-hydrogen) atoms. The molecular weight excluding hydrogens is 367 g/mol. The zero-order valence-electron chi connectivity index (χ0n) is 14.6. The highest BCUT2D eigenvalue weighted by Crippen LogP contribution is 2.40. The molecule has 1 aromatic rings. The predicted molar refractivity (Wildman–Crippen MR) is 99.2 cm³/mol. The Bertz CT molecular complexity index is 900. The van der Waals surface area contributed by atoms with Crippen LogP contribution in [0, 0.1) is 5.92 Å². The summed E-state index contributed by atoms with van der Waals surface area (Å²) in [7, 11) is 1.53. The molecule has 0 amide bonds. The molecule has 0 radical (unpaired) electrons. The molecule has 1 aliphatic rings. The van der Waals surface area contributed by atoms with Crippen molar-refractivity contribution >= 4 is 29.1 Å². The molecule has 0 spiro atoms. The van der Waals surface area contributed by atoms with E-state index < -0.39 is 34.9 Å². The van der Waals surface area contributed by atoms with E-state index in [9.17, 15) is 18.0 Å². The molecule has 1 aromatic heterocycles. The number of aliphatic imine (C=N–C) groups is 1. The molecule has 2 atom stereocenters. The minimum absolute atomic E-state index is 0.0549. The van der Waals surface area contributed by atoms with Gasteiger partial charge < -0.3 is 10.3 Å². The molecule has 0 aromatic carbocycles. The summed E-state index contributed by atoms with van der Waals surface area (Å²) in [6.45, 7) is 3.03. The zero-order valence-corrected chi connectivity index (χ0v) is 15.3. The van der Waals surface area contributed by atoms with E-state index in [-0.39, 0.29) is 28.5 Å². The van der Waals surface area contributed by atoms with Crippen LogP contribution in [0.1, 0.15) is 25.1 Å². The minimum Gasteiger partial charge on any atom is -0.398 e. The third-order valence-corrected chi connectivity index (χ3v) is 4.47. The van der Waals surface area contributed by atoms with Crippen LogP contribution in [-0.4, -0.2) is 24.0 Å². The molecule has 0 bridgehead atoms. The van der Waals surface area contributed by atoms with Crippen molar-refractivity contribution in [2.45, 2.75) is 26.6 Å². The third-order valence-electron chi connectivity index (χ3n) is 4.20. The van der Waals surface area contributed by atoms with Crippen molar-refractivity contribution in [3.05, 3.63) is 56.5 Å². The van der Waals surface area contributed by atoms with Crippen molar-refractivity contribution in [3.8, 4) is 0 Å². The highest BCUT2D eigenvalue weighted by Gasteiger charge is 2.35. The van der Waals surface area contributed by atoms with Crippen molar-refractivity contribution in [3.63, 3.8) is 0 Å². The summed E-state index contributed by atoms with van der Waals surface area (Å²) in [6, 6.07) is 1.26. The number of alkyl halides is 1. The van der Waals surface area contributed by atoms with Crippen LogP contribution in [0.3, 0.4) is 0 Å². The fourth-order valence-electron chi connectivity index (χ4n) is 2.79. The summed E-state index contributed by atoms with van der Waals surface area (Å²) in [5.74, 6) is -3.17. The van der Waals surface area contributed by atoms with E-state index in [0.29, 0.717) is 6.08 Å². The maximum absolute atomic E-state index is 14.9. The van der Waals surface area contributed by atoms with Gasteiger partial charge in [-0.1, -0.05) is 18.5 Å². The lowest BCUT2D eigenvalue weighted by Crippen LogP contribution is -2.30. The second-order valence-electron chi connectivity index (χ2n) is 5.81. The van der Waals surface area contributed by atoms with Gasteiger partial charge in [-0.15, -0.1) is 0 Å². The number of nitrogens with two attached hydrogens (primary N) is 1. The molecular formula is C18H19ClF3N3O. The van der Waals surface area contributed by atoms with Crippen molar-refractivity contribution in [2.24, 2.45) is 16.6 Å².